The zero-order chi connectivity index (χ0) is 44.1. The number of halogens is 1. The molecule has 5 aromatic rings. The Morgan fingerprint density at radius 1 is 0.937 bits per heavy atom. The van der Waals surface area contributed by atoms with Crippen LogP contribution in [0.1, 0.15) is 55.5 Å². The first kappa shape index (κ1) is 44.2. The number of aromatic amines is 1. The maximum absolute atomic E-state index is 14.0. The number of sulfonamides is 1. The fourth-order valence-corrected chi connectivity index (χ4v) is 9.82. The number of nitrogens with zero attached hydrogens (tertiary/aromatic N) is 4. The number of aromatic nitrogens is 1. The molecule has 3 N–H and O–H groups in total. The monoisotopic (exact) mass is 895 g/mol. The number of allylic oxidation sites excluding steroid dienone is 1. The predicted molar refractivity (Wildman–Crippen MR) is 248 cm³/mol. The second-order valence-electron chi connectivity index (χ2n) is 17.3. The number of ether oxygens (including phenoxy) is 2. The van der Waals surface area contributed by atoms with Gasteiger partial charge in [-0.15, -0.1) is 0 Å². The van der Waals surface area contributed by atoms with Gasteiger partial charge in [0.2, 0.25) is 0 Å². The van der Waals surface area contributed by atoms with Crippen molar-refractivity contribution in [2.24, 2.45) is 5.41 Å². The molecular formula is C47H54ClN7O7S. The van der Waals surface area contributed by atoms with Gasteiger partial charge in [0.25, 0.3) is 21.6 Å². The van der Waals surface area contributed by atoms with E-state index < -0.39 is 31.4 Å². The number of nitro groups is 1. The van der Waals surface area contributed by atoms with Gasteiger partial charge in [-0.1, -0.05) is 49.2 Å². The van der Waals surface area contributed by atoms with Gasteiger partial charge in [-0.2, -0.15) is 0 Å². The van der Waals surface area contributed by atoms with Crippen LogP contribution in [0.15, 0.2) is 102 Å². The summed E-state index contributed by atoms with van der Waals surface area (Å²) in [7, 11) is -4.55. The van der Waals surface area contributed by atoms with Gasteiger partial charge in [0.15, 0.2) is 0 Å². The number of hydrogen-bond donors (Lipinski definition) is 3. The van der Waals surface area contributed by atoms with E-state index in [2.05, 4.69) is 55.7 Å². The maximum Gasteiger partial charge on any atom is 0.293 e. The number of rotatable bonds is 15. The SMILES string of the molecule is CC1(C)CCC(CN2CCN(c3ccc(C(=O)NS(=O)(=O)c4ccc(NCCCN5CCOCC5)c([N+](=O)[O-])c4)c(Oc4cccc5[nH]ccc45)c3)CC2)=C(c2ccc(Cl)cc2)C1. The highest BCUT2D eigenvalue weighted by molar-refractivity contribution is 7.90. The van der Waals surface area contributed by atoms with Crippen LogP contribution in [0.4, 0.5) is 17.1 Å². The fraction of sp³-hybridized carbons (Fsp3) is 0.383. The van der Waals surface area contributed by atoms with Crippen molar-refractivity contribution in [1.82, 2.24) is 19.5 Å². The Morgan fingerprint density at radius 2 is 1.71 bits per heavy atom. The van der Waals surface area contributed by atoms with Crippen LogP contribution in [0, 0.1) is 15.5 Å². The zero-order valence-corrected chi connectivity index (χ0v) is 37.3. The number of hydrogen-bond acceptors (Lipinski definition) is 11. The predicted octanol–water partition coefficient (Wildman–Crippen LogP) is 8.56. The van der Waals surface area contributed by atoms with E-state index >= 15 is 0 Å². The van der Waals surface area contributed by atoms with E-state index in [4.69, 9.17) is 21.1 Å². The fourth-order valence-electron chi connectivity index (χ4n) is 8.71. The second-order valence-corrected chi connectivity index (χ2v) is 19.4. The van der Waals surface area contributed by atoms with Gasteiger partial charge < -0.3 is 24.7 Å². The maximum atomic E-state index is 14.0. The Labute approximate surface area is 373 Å². The first-order valence-corrected chi connectivity index (χ1v) is 23.4. The third-order valence-corrected chi connectivity index (χ3v) is 13.9. The molecule has 2 fully saturated rings. The number of piperazine rings is 1. The minimum atomic E-state index is -4.55. The van der Waals surface area contributed by atoms with E-state index in [1.165, 1.54) is 28.8 Å². The molecule has 0 saturated carbocycles. The normalized spacial score (nSPS) is 17.5. The van der Waals surface area contributed by atoms with Crippen molar-refractivity contribution in [3.63, 3.8) is 0 Å². The van der Waals surface area contributed by atoms with E-state index in [1.54, 1.807) is 30.5 Å². The molecule has 0 unspecified atom stereocenters. The summed E-state index contributed by atoms with van der Waals surface area (Å²) in [5.41, 5.74) is 5.78. The summed E-state index contributed by atoms with van der Waals surface area (Å²) >= 11 is 6.25. The molecule has 332 valence electrons. The van der Waals surface area contributed by atoms with Crippen LogP contribution in [-0.2, 0) is 14.8 Å². The quantitative estimate of drug-likeness (QED) is 0.0525. The Morgan fingerprint density at radius 3 is 2.48 bits per heavy atom. The molecule has 2 aliphatic heterocycles. The molecule has 16 heteroatoms. The van der Waals surface area contributed by atoms with Gasteiger partial charge >= 0.3 is 0 Å². The average molecular weight is 897 g/mol. The lowest BCUT2D eigenvalue weighted by molar-refractivity contribution is -0.384. The van der Waals surface area contributed by atoms with Crippen LogP contribution in [-0.4, -0.2) is 106 Å². The van der Waals surface area contributed by atoms with E-state index in [9.17, 15) is 23.3 Å². The minimum Gasteiger partial charge on any atom is -0.456 e. The Balaban J connectivity index is 0.986. The van der Waals surface area contributed by atoms with Crippen molar-refractivity contribution in [2.75, 3.05) is 82.3 Å². The highest BCUT2D eigenvalue weighted by atomic mass is 35.5. The number of carbonyl (C=O) groups is 1. The van der Waals surface area contributed by atoms with Crippen molar-refractivity contribution in [3.05, 3.63) is 123 Å². The van der Waals surface area contributed by atoms with Crippen LogP contribution in [0.3, 0.4) is 0 Å². The molecule has 8 rings (SSSR count). The number of anilines is 2. The van der Waals surface area contributed by atoms with Crippen LogP contribution >= 0.6 is 11.6 Å². The number of benzene rings is 4. The van der Waals surface area contributed by atoms with Gasteiger partial charge in [-0.05, 0) is 103 Å². The average Bonchev–Trinajstić information content (AvgIpc) is 3.77. The number of fused-ring (bicyclic) bond motifs is 1. The number of morpholine rings is 1. The lowest BCUT2D eigenvalue weighted by atomic mass is 9.72. The largest absolute Gasteiger partial charge is 0.456 e. The topological polar surface area (TPSA) is 162 Å². The van der Waals surface area contributed by atoms with Crippen molar-refractivity contribution in [3.8, 4) is 11.5 Å². The van der Waals surface area contributed by atoms with E-state index in [1.807, 2.05) is 30.3 Å². The highest BCUT2D eigenvalue weighted by Gasteiger charge is 2.30. The van der Waals surface area contributed by atoms with Crippen LogP contribution < -0.4 is 19.7 Å². The van der Waals surface area contributed by atoms with Crippen LogP contribution in [0.25, 0.3) is 16.5 Å². The summed E-state index contributed by atoms with van der Waals surface area (Å²) in [6.07, 6.45) is 5.73. The number of nitro benzene ring substituents is 1. The van der Waals surface area contributed by atoms with Gasteiger partial charge in [0, 0.05) is 92.3 Å². The number of H-pyrrole nitrogens is 1. The molecule has 0 bridgehead atoms. The third-order valence-electron chi connectivity index (χ3n) is 12.3. The standard InChI is InChI=1S/C47H54ClN7O7S/c1-47(2)17-15-34(40(31-47)33-7-9-35(48)10-8-33)32-53-21-23-54(24-22-53)36-11-13-39(45(29-36)62-44-6-3-5-41-38(44)16-19-50-41)46(56)51-63(59,60)37-12-14-42(43(30-37)55(57)58)49-18-4-20-52-25-27-61-28-26-52/h3,5-14,16,19,29-30,49-50H,4,15,17-18,20-28,31-32H2,1-2H3,(H,51,56). The summed E-state index contributed by atoms with van der Waals surface area (Å²) in [5.74, 6) is -0.283. The van der Waals surface area contributed by atoms with E-state index in [0.717, 1.165) is 106 Å². The van der Waals surface area contributed by atoms with Crippen LogP contribution in [0.2, 0.25) is 5.02 Å². The molecule has 0 spiro atoms. The molecule has 3 aliphatic rings. The highest BCUT2D eigenvalue weighted by Crippen LogP contribution is 2.43. The smallest absolute Gasteiger partial charge is 0.293 e. The summed E-state index contributed by atoms with van der Waals surface area (Å²) in [6.45, 7) is 13.0. The molecule has 3 heterocycles. The second kappa shape index (κ2) is 19.1. The Kier molecular flexibility index (Phi) is 13.4. The molecule has 1 aromatic heterocycles. The Bertz CT molecular complexity index is 2600. The first-order valence-electron chi connectivity index (χ1n) is 21.5. The van der Waals surface area contributed by atoms with E-state index in [0.29, 0.717) is 25.5 Å². The molecule has 1 amide bonds. The van der Waals surface area contributed by atoms with Gasteiger partial charge in [-0.25, -0.2) is 13.1 Å². The molecular weight excluding hydrogens is 842 g/mol. The number of amides is 1. The summed E-state index contributed by atoms with van der Waals surface area (Å²) in [4.78, 5) is 35.2. The Hall–Kier alpha value is -5.45. The van der Waals surface area contributed by atoms with Gasteiger partial charge in [0.05, 0.1) is 28.6 Å². The third kappa shape index (κ3) is 10.7. The van der Waals surface area contributed by atoms with Crippen LogP contribution in [0.5, 0.6) is 11.5 Å². The molecule has 2 saturated heterocycles. The van der Waals surface area contributed by atoms with Crippen molar-refractivity contribution >= 4 is 61.1 Å². The lowest BCUT2D eigenvalue weighted by Crippen LogP contribution is -2.47. The molecule has 1 aliphatic carbocycles. The van der Waals surface area contributed by atoms with Crippen molar-refractivity contribution < 1.29 is 27.6 Å². The zero-order valence-electron chi connectivity index (χ0n) is 35.7. The van der Waals surface area contributed by atoms with Crippen molar-refractivity contribution in [2.45, 2.75) is 44.4 Å². The summed E-state index contributed by atoms with van der Waals surface area (Å²) in [5, 5.41) is 16.7. The van der Waals surface area contributed by atoms with Gasteiger partial charge in [-0.3, -0.25) is 24.7 Å². The lowest BCUT2D eigenvalue weighted by Gasteiger charge is -2.39. The number of carbonyl (C=O) groups excluding carboxylic acids is 1. The van der Waals surface area contributed by atoms with Crippen molar-refractivity contribution in [1.29, 1.82) is 0 Å². The summed E-state index contributed by atoms with van der Waals surface area (Å²) in [6, 6.07) is 24.3. The van der Waals surface area contributed by atoms with Gasteiger partial charge in [0.1, 0.15) is 17.2 Å². The number of nitrogens with one attached hydrogen (secondary N) is 3. The molecule has 14 nitrogen and oxygen atoms in total. The molecule has 0 radical (unpaired) electrons. The molecule has 4 aromatic carbocycles. The molecule has 0 atom stereocenters. The minimum absolute atomic E-state index is 0.0107. The molecule has 63 heavy (non-hydrogen) atoms. The first-order chi connectivity index (χ1) is 30.3. The van der Waals surface area contributed by atoms with E-state index in [-0.39, 0.29) is 22.4 Å². The summed E-state index contributed by atoms with van der Waals surface area (Å²) < 4.78 is 41.5.